The van der Waals surface area contributed by atoms with Crippen LogP contribution in [0.25, 0.3) is 0 Å². The third-order valence-electron chi connectivity index (χ3n) is 2.11. The Morgan fingerprint density at radius 1 is 0.684 bits per heavy atom. The quantitative estimate of drug-likeness (QED) is 0.327. The molecule has 0 saturated carbocycles. The van der Waals surface area contributed by atoms with Crippen LogP contribution in [0.15, 0.2) is 0 Å². The van der Waals surface area contributed by atoms with Gasteiger partial charge in [0.15, 0.2) is 27.4 Å². The molecule has 0 aliphatic heterocycles. The minimum absolute atomic E-state index is 0. The van der Waals surface area contributed by atoms with Crippen molar-refractivity contribution in [1.29, 1.82) is 0 Å². The summed E-state index contributed by atoms with van der Waals surface area (Å²) in [4.78, 5) is 44.5. The van der Waals surface area contributed by atoms with Crippen LogP contribution in [0.3, 0.4) is 0 Å². The van der Waals surface area contributed by atoms with Gasteiger partial charge in [0.05, 0.1) is 0 Å². The van der Waals surface area contributed by atoms with E-state index in [1.54, 1.807) is 0 Å². The van der Waals surface area contributed by atoms with Gasteiger partial charge in [-0.3, -0.25) is 19.2 Å². The number of carbonyl (C=O) groups excluding carboxylic acids is 4. The minimum atomic E-state index is -2.06. The van der Waals surface area contributed by atoms with Crippen molar-refractivity contribution < 1.29 is 60.0 Å². The van der Waals surface area contributed by atoms with Gasteiger partial charge in [0.2, 0.25) is 5.41 Å². The van der Waals surface area contributed by atoms with E-state index in [4.69, 9.17) is 34.8 Å². The van der Waals surface area contributed by atoms with Crippen LogP contribution < -0.4 is 0 Å². The average Bonchev–Trinajstić information content (AvgIpc) is 1.98. The molecule has 0 saturated heterocycles. The molecule has 9 heteroatoms. The normalized spacial score (nSPS) is 9.26. The predicted molar refractivity (Wildman–Crippen MR) is 66.5 cm³/mol. The molecule has 0 aromatic heterocycles. The van der Waals surface area contributed by atoms with Gasteiger partial charge in [0.25, 0.3) is 0 Å². The summed E-state index contributed by atoms with van der Waals surface area (Å²) in [7, 11) is 0. The molecule has 0 amide bonds. The smallest absolute Gasteiger partial charge is 0.202 e. The van der Waals surface area contributed by atoms with E-state index in [1.165, 1.54) is 0 Å². The van der Waals surface area contributed by atoms with Crippen LogP contribution in [-0.2, 0) is 60.0 Å². The minimum Gasteiger partial charge on any atom is -0.298 e. The molecule has 0 fully saturated rings. The van der Waals surface area contributed by atoms with Crippen LogP contribution in [0.1, 0.15) is 27.7 Å². The SMILES string of the molecule is CC(=O)C(C(C)=O)(C(C)=O)C(C)=O.ClC(Cl)Cl.[Pd].[Pd]. The Hall–Kier alpha value is 0.875. The standard InChI is InChI=1S/C9H12O4.CHCl3.2Pd/c1-5(10)9(6(2)11,7(3)12)8(4)13;2-1(3)4;;/h1-4H3;1H;;. The maximum absolute atomic E-state index is 11.1. The van der Waals surface area contributed by atoms with E-state index in [9.17, 15) is 19.2 Å². The molecule has 0 aliphatic rings. The summed E-state index contributed by atoms with van der Waals surface area (Å²) in [5.41, 5.74) is -2.06. The van der Waals surface area contributed by atoms with Gasteiger partial charge in [0, 0.05) is 40.8 Å². The molecule has 0 unspecified atom stereocenters. The van der Waals surface area contributed by atoms with E-state index >= 15 is 0 Å². The molecule has 0 radical (unpaired) electrons. The van der Waals surface area contributed by atoms with Crippen LogP contribution in [0.5, 0.6) is 0 Å². The molecule has 0 aromatic rings. The van der Waals surface area contributed by atoms with Crippen molar-refractivity contribution >= 4 is 57.9 Å². The van der Waals surface area contributed by atoms with Crippen LogP contribution in [-0.4, -0.2) is 27.4 Å². The number of hydrogen-bond donors (Lipinski definition) is 0. The van der Waals surface area contributed by atoms with E-state index in [0.29, 0.717) is 0 Å². The molecule has 0 N–H and O–H groups in total. The summed E-state index contributed by atoms with van der Waals surface area (Å²) in [6, 6.07) is 0. The van der Waals surface area contributed by atoms with E-state index in [-0.39, 0.29) is 40.8 Å². The van der Waals surface area contributed by atoms with Crippen molar-refractivity contribution in [1.82, 2.24) is 0 Å². The summed E-state index contributed by atoms with van der Waals surface area (Å²) < 4.78 is -0.750. The Morgan fingerprint density at radius 3 is 0.789 bits per heavy atom. The second-order valence-corrected chi connectivity index (χ2v) is 5.20. The average molecular weight is 516 g/mol. The van der Waals surface area contributed by atoms with Gasteiger partial charge < -0.3 is 0 Å². The van der Waals surface area contributed by atoms with Crippen molar-refractivity contribution in [3.05, 3.63) is 0 Å². The Kier molecular flexibility index (Phi) is 18.6. The summed E-state index contributed by atoms with van der Waals surface area (Å²) in [6.45, 7) is 4.29. The van der Waals surface area contributed by atoms with Gasteiger partial charge in [-0.1, -0.05) is 34.8 Å². The topological polar surface area (TPSA) is 68.3 Å². The Balaban J connectivity index is -0.000000165. The van der Waals surface area contributed by atoms with Gasteiger partial charge in [-0.25, -0.2) is 0 Å². The zero-order valence-corrected chi connectivity index (χ0v) is 15.9. The molecule has 0 aromatic carbocycles. The molecule has 4 nitrogen and oxygen atoms in total. The number of halogens is 3. The van der Waals surface area contributed by atoms with E-state index in [1.807, 2.05) is 0 Å². The summed E-state index contributed by atoms with van der Waals surface area (Å²) in [6.07, 6.45) is 0. The summed E-state index contributed by atoms with van der Waals surface area (Å²) in [5.74, 6) is -2.83. The van der Waals surface area contributed by atoms with E-state index in [0.717, 1.165) is 27.7 Å². The fourth-order valence-corrected chi connectivity index (χ4v) is 1.49. The first-order valence-electron chi connectivity index (χ1n) is 4.47. The van der Waals surface area contributed by atoms with Gasteiger partial charge in [-0.15, -0.1) is 0 Å². The van der Waals surface area contributed by atoms with Crippen molar-refractivity contribution in [3.63, 3.8) is 0 Å². The van der Waals surface area contributed by atoms with E-state index in [2.05, 4.69) is 0 Å². The largest absolute Gasteiger partial charge is 0.298 e. The number of rotatable bonds is 4. The zero-order chi connectivity index (χ0) is 14.4. The van der Waals surface area contributed by atoms with Crippen molar-refractivity contribution in [2.24, 2.45) is 5.41 Å². The number of alkyl halides is 3. The second kappa shape index (κ2) is 12.6. The maximum atomic E-state index is 11.1. The Bertz CT molecular complexity index is 281. The molecule has 0 bridgehead atoms. The molecular formula is C10H13Cl3O4Pd2. The second-order valence-electron chi connectivity index (χ2n) is 3.22. The fraction of sp³-hybridized carbons (Fsp3) is 0.600. The number of carbonyl (C=O) groups is 4. The van der Waals surface area contributed by atoms with Crippen LogP contribution in [0, 0.1) is 5.41 Å². The molecule has 19 heavy (non-hydrogen) atoms. The Morgan fingerprint density at radius 2 is 0.789 bits per heavy atom. The van der Waals surface area contributed by atoms with Crippen molar-refractivity contribution in [2.75, 3.05) is 0 Å². The molecule has 0 rings (SSSR count). The molecule has 118 valence electrons. The molecule has 0 aliphatic carbocycles. The molecular weight excluding hydrogens is 503 g/mol. The molecule has 0 spiro atoms. The first kappa shape index (κ1) is 28.1. The third kappa shape index (κ3) is 8.69. The summed E-state index contributed by atoms with van der Waals surface area (Å²) >= 11 is 14.4. The fourth-order valence-electron chi connectivity index (χ4n) is 1.49. The third-order valence-corrected chi connectivity index (χ3v) is 2.11. The maximum Gasteiger partial charge on any atom is 0.202 e. The first-order valence-corrected chi connectivity index (χ1v) is 5.78. The monoisotopic (exact) mass is 514 g/mol. The number of Topliss-reactive ketones (excluding diaryl/α,β-unsaturated/α-hetero) is 4. The predicted octanol–water partition coefficient (Wildman–Crippen LogP) is 2.31. The number of ketones is 4. The van der Waals surface area contributed by atoms with Crippen molar-refractivity contribution in [2.45, 2.75) is 32.0 Å². The van der Waals surface area contributed by atoms with Crippen LogP contribution >= 0.6 is 34.8 Å². The zero-order valence-electron chi connectivity index (χ0n) is 10.5. The number of hydrogen-bond acceptors (Lipinski definition) is 4. The van der Waals surface area contributed by atoms with Crippen LogP contribution in [0.2, 0.25) is 0 Å². The summed E-state index contributed by atoms with van der Waals surface area (Å²) in [5, 5.41) is 0. The van der Waals surface area contributed by atoms with Gasteiger partial charge in [0.1, 0.15) is 0 Å². The van der Waals surface area contributed by atoms with E-state index < -0.39 is 32.8 Å². The first-order chi connectivity index (χ1) is 7.51. The van der Waals surface area contributed by atoms with Crippen LogP contribution in [0.4, 0.5) is 0 Å². The Labute approximate surface area is 154 Å². The van der Waals surface area contributed by atoms with Crippen molar-refractivity contribution in [3.8, 4) is 0 Å². The molecule has 0 heterocycles. The van der Waals surface area contributed by atoms with Gasteiger partial charge >= 0.3 is 0 Å². The van der Waals surface area contributed by atoms with Gasteiger partial charge in [-0.05, 0) is 27.7 Å². The molecule has 0 atom stereocenters. The van der Waals surface area contributed by atoms with Gasteiger partial charge in [-0.2, -0.15) is 0 Å².